The molecule has 9 rings (SSSR count). The molecule has 0 N–H and O–H groups in total. The molecule has 0 saturated heterocycles. The first-order chi connectivity index (χ1) is 22.9. The van der Waals surface area contributed by atoms with Gasteiger partial charge in [0.05, 0.1) is 23.7 Å². The van der Waals surface area contributed by atoms with Crippen molar-refractivity contribution < 1.29 is 4.74 Å². The fraction of sp³-hybridized carbons (Fsp3) is 0.227. The zero-order valence-corrected chi connectivity index (χ0v) is 27.6. The van der Waals surface area contributed by atoms with E-state index in [-0.39, 0.29) is 11.0 Å². The number of hydrogen-bond donors (Lipinski definition) is 0. The van der Waals surface area contributed by atoms with Gasteiger partial charge >= 0.3 is 0 Å². The number of hydrogen-bond acceptors (Lipinski definition) is 1. The Morgan fingerprint density at radius 2 is 1.70 bits per heavy atom. The molecule has 3 nitrogen and oxygen atoms in total. The highest BCUT2D eigenvalue weighted by molar-refractivity contribution is 6.12. The quantitative estimate of drug-likeness (QED) is 0.198. The molecule has 47 heavy (non-hydrogen) atoms. The Labute approximate surface area is 277 Å². The third-order valence-electron chi connectivity index (χ3n) is 11.3. The van der Waals surface area contributed by atoms with Gasteiger partial charge in [0, 0.05) is 39.7 Å². The van der Waals surface area contributed by atoms with E-state index >= 15 is 0 Å². The zero-order chi connectivity index (χ0) is 31.9. The molecule has 3 aromatic carbocycles. The third kappa shape index (κ3) is 4.12. The first-order valence-corrected chi connectivity index (χ1v) is 17.0. The summed E-state index contributed by atoms with van der Waals surface area (Å²) in [6, 6.07) is 25.0. The van der Waals surface area contributed by atoms with Crippen LogP contribution in [0.2, 0.25) is 0 Å². The van der Waals surface area contributed by atoms with Crippen LogP contribution < -0.4 is 4.74 Å². The Kier molecular flexibility index (Phi) is 6.15. The fourth-order valence-corrected chi connectivity index (χ4v) is 8.62. The Hall–Kier alpha value is -5.02. The predicted octanol–water partition coefficient (Wildman–Crippen LogP) is 10.6. The molecule has 2 aromatic heterocycles. The summed E-state index contributed by atoms with van der Waals surface area (Å²) in [5.74, 6) is 1.31. The first kappa shape index (κ1) is 28.2. The number of rotatable bonds is 4. The molecule has 0 spiro atoms. The summed E-state index contributed by atoms with van der Waals surface area (Å²) < 4.78 is 10.6. The highest BCUT2D eigenvalue weighted by Gasteiger charge is 2.42. The highest BCUT2D eigenvalue weighted by Crippen LogP contribution is 2.52. The molecule has 0 saturated carbocycles. The van der Waals surface area contributed by atoms with Crippen LogP contribution in [0.15, 0.2) is 127 Å². The van der Waals surface area contributed by atoms with Gasteiger partial charge in [0.1, 0.15) is 5.75 Å². The number of fused-ring (bicyclic) bond motifs is 7. The van der Waals surface area contributed by atoms with E-state index in [1.165, 1.54) is 66.6 Å². The van der Waals surface area contributed by atoms with Crippen LogP contribution in [-0.2, 0) is 17.4 Å². The fourth-order valence-electron chi connectivity index (χ4n) is 8.62. The lowest BCUT2D eigenvalue weighted by atomic mass is 9.63. The Morgan fingerprint density at radius 1 is 0.851 bits per heavy atom. The Morgan fingerprint density at radius 3 is 2.49 bits per heavy atom. The molecule has 2 heterocycles. The molecular weight excluding hydrogens is 572 g/mol. The van der Waals surface area contributed by atoms with Crippen molar-refractivity contribution in [1.82, 2.24) is 9.13 Å². The predicted molar refractivity (Wildman–Crippen MR) is 197 cm³/mol. The average Bonchev–Trinajstić information content (AvgIpc) is 3.65. The number of methoxy groups -OCH3 is 1. The molecule has 0 radical (unpaired) electrons. The van der Waals surface area contributed by atoms with Crippen molar-refractivity contribution in [2.75, 3.05) is 7.11 Å². The first-order valence-electron chi connectivity index (χ1n) is 17.0. The maximum atomic E-state index is 5.56. The topological polar surface area (TPSA) is 19.1 Å². The Balaban J connectivity index is 1.32. The second-order valence-corrected chi connectivity index (χ2v) is 14.3. The molecule has 0 aliphatic heterocycles. The smallest absolute Gasteiger partial charge is 0.118 e. The van der Waals surface area contributed by atoms with Crippen LogP contribution in [-0.4, -0.2) is 16.2 Å². The van der Waals surface area contributed by atoms with E-state index in [0.29, 0.717) is 5.92 Å². The third-order valence-corrected chi connectivity index (χ3v) is 11.3. The largest absolute Gasteiger partial charge is 0.497 e. The van der Waals surface area contributed by atoms with E-state index in [2.05, 4.69) is 158 Å². The van der Waals surface area contributed by atoms with E-state index in [1.54, 1.807) is 7.11 Å². The van der Waals surface area contributed by atoms with Crippen molar-refractivity contribution in [2.45, 2.75) is 51.0 Å². The summed E-state index contributed by atoms with van der Waals surface area (Å²) in [4.78, 5) is 0. The van der Waals surface area contributed by atoms with Gasteiger partial charge in [-0.1, -0.05) is 80.6 Å². The summed E-state index contributed by atoms with van der Waals surface area (Å²) in [6.07, 6.45) is 26.1. The number of para-hydroxylation sites is 1. The van der Waals surface area contributed by atoms with Gasteiger partial charge in [0.15, 0.2) is 0 Å². The van der Waals surface area contributed by atoms with Crippen molar-refractivity contribution in [1.29, 1.82) is 0 Å². The van der Waals surface area contributed by atoms with Gasteiger partial charge in [-0.05, 0) is 114 Å². The minimum Gasteiger partial charge on any atom is -0.497 e. The van der Waals surface area contributed by atoms with Crippen molar-refractivity contribution in [3.05, 3.63) is 155 Å². The van der Waals surface area contributed by atoms with Crippen LogP contribution in [0, 0.1) is 5.92 Å². The maximum Gasteiger partial charge on any atom is 0.118 e. The molecule has 0 fully saturated rings. The van der Waals surface area contributed by atoms with E-state index in [4.69, 9.17) is 4.74 Å². The van der Waals surface area contributed by atoms with Crippen LogP contribution in [0.5, 0.6) is 5.75 Å². The van der Waals surface area contributed by atoms with Crippen molar-refractivity contribution in [2.24, 2.45) is 5.92 Å². The summed E-state index contributed by atoms with van der Waals surface area (Å²) in [6.45, 7) is 7.16. The molecule has 3 heteroatoms. The SMILES string of the molecule is COc1ccc(C2=CC3=Cc4c(ccn4C4(C)C=CC=CC4)CC3(C)c3cc4c5ccccc5n(C5=CC=CCC5C)c4cc32)cc1. The van der Waals surface area contributed by atoms with Crippen molar-refractivity contribution in [3.63, 3.8) is 0 Å². The monoisotopic (exact) mass is 612 g/mol. The molecule has 3 atom stereocenters. The van der Waals surface area contributed by atoms with Gasteiger partial charge in [0.2, 0.25) is 0 Å². The lowest BCUT2D eigenvalue weighted by Gasteiger charge is -2.41. The van der Waals surface area contributed by atoms with E-state index < -0.39 is 0 Å². The molecular formula is C44H40N2O. The summed E-state index contributed by atoms with van der Waals surface area (Å²) in [5, 5.41) is 2.64. The second kappa shape index (κ2) is 10.2. The number of nitrogens with zero attached hydrogens (tertiary/aromatic N) is 2. The van der Waals surface area contributed by atoms with Gasteiger partial charge in [-0.25, -0.2) is 0 Å². The lowest BCUT2D eigenvalue weighted by Crippen LogP contribution is -2.35. The van der Waals surface area contributed by atoms with E-state index in [9.17, 15) is 0 Å². The molecule has 0 amide bonds. The summed E-state index contributed by atoms with van der Waals surface area (Å²) >= 11 is 0. The van der Waals surface area contributed by atoms with Crippen LogP contribution in [0.4, 0.5) is 0 Å². The van der Waals surface area contributed by atoms with Crippen LogP contribution >= 0.6 is 0 Å². The van der Waals surface area contributed by atoms with Gasteiger partial charge in [-0.2, -0.15) is 0 Å². The molecule has 232 valence electrons. The molecule has 0 bridgehead atoms. The minimum absolute atomic E-state index is 0.0731. The van der Waals surface area contributed by atoms with Crippen LogP contribution in [0.3, 0.4) is 0 Å². The lowest BCUT2D eigenvalue weighted by molar-refractivity contribution is 0.407. The minimum atomic E-state index is -0.161. The standard InChI is InChI=1S/C44H40N2O/c1-29-12-6-8-14-39(29)46-40-15-9-7-13-34(40)37-26-38-36(27-42(37)46)35(30-16-18-33(47-4)19-17-30)24-32-25-41-31(28-44(32,38)3)20-23-45(41)43(2)21-10-5-11-22-43/h5-11,13-21,23-27,29H,12,22,28H2,1-4H3. The van der Waals surface area contributed by atoms with Gasteiger partial charge in [0.25, 0.3) is 0 Å². The van der Waals surface area contributed by atoms with E-state index in [0.717, 1.165) is 25.0 Å². The number of allylic oxidation sites excluding steroid dienone is 10. The second-order valence-electron chi connectivity index (χ2n) is 14.3. The van der Waals surface area contributed by atoms with Gasteiger partial charge in [-0.3, -0.25) is 0 Å². The van der Waals surface area contributed by atoms with Crippen molar-refractivity contribution in [3.8, 4) is 5.75 Å². The van der Waals surface area contributed by atoms with Crippen molar-refractivity contribution >= 4 is 39.2 Å². The molecule has 5 aromatic rings. The number of benzene rings is 3. The van der Waals surface area contributed by atoms with E-state index in [1.807, 2.05) is 0 Å². The highest BCUT2D eigenvalue weighted by atomic mass is 16.5. The average molecular weight is 613 g/mol. The van der Waals surface area contributed by atoms with Gasteiger partial charge < -0.3 is 13.9 Å². The molecule has 4 aliphatic carbocycles. The molecule has 3 unspecified atom stereocenters. The zero-order valence-electron chi connectivity index (χ0n) is 27.6. The summed E-state index contributed by atoms with van der Waals surface area (Å²) in [7, 11) is 1.73. The number of aromatic nitrogens is 2. The van der Waals surface area contributed by atoms with Crippen LogP contribution in [0.1, 0.15) is 61.6 Å². The summed E-state index contributed by atoms with van der Waals surface area (Å²) in [5.41, 5.74) is 13.0. The van der Waals surface area contributed by atoms with Crippen LogP contribution in [0.25, 0.3) is 39.2 Å². The Bertz CT molecular complexity index is 2300. The molecule has 4 aliphatic rings. The van der Waals surface area contributed by atoms with Gasteiger partial charge in [-0.15, -0.1) is 0 Å². The number of ether oxygens (including phenoxy) is 1. The maximum absolute atomic E-state index is 5.56. The normalized spacial score (nSPS) is 24.4.